The quantitative estimate of drug-likeness (QED) is 0.0540. The molecule has 2 nitrogen and oxygen atoms in total. The van der Waals surface area contributed by atoms with Crippen LogP contribution in [0.5, 0.6) is 0 Å². The van der Waals surface area contributed by atoms with E-state index in [1.54, 1.807) is 5.82 Å². The smallest absolute Gasteiger partial charge is 0.234 e. The van der Waals surface area contributed by atoms with Gasteiger partial charge in [0.25, 0.3) is 5.82 Å². The number of aryl methyl sites for hydroxylation is 2. The zero-order valence-corrected chi connectivity index (χ0v) is 30.3. The number of nitrogens with zero attached hydrogens (tertiary/aromatic N) is 2. The van der Waals surface area contributed by atoms with Gasteiger partial charge in [-0.15, -0.1) is 0 Å². The predicted molar refractivity (Wildman–Crippen MR) is 193 cm³/mol. The van der Waals surface area contributed by atoms with Gasteiger partial charge in [-0.2, -0.15) is 0 Å². The average Bonchev–Trinajstić information content (AvgIpc) is 3.40. The van der Waals surface area contributed by atoms with Crippen molar-refractivity contribution >= 4 is 0 Å². The molecule has 0 amide bonds. The van der Waals surface area contributed by atoms with Gasteiger partial charge in [0.1, 0.15) is 12.4 Å². The Morgan fingerprint density at radius 3 is 1.12 bits per heavy atom. The van der Waals surface area contributed by atoms with Crippen LogP contribution in [-0.2, 0) is 19.5 Å². The Bertz CT molecular complexity index is 663. The number of imidazole rings is 1. The van der Waals surface area contributed by atoms with E-state index in [9.17, 15) is 0 Å². The van der Waals surface area contributed by atoms with E-state index in [0.717, 1.165) is 0 Å². The number of rotatable bonds is 35. The van der Waals surface area contributed by atoms with Gasteiger partial charge in [0, 0.05) is 6.42 Å². The second-order valence-corrected chi connectivity index (χ2v) is 14.1. The lowest BCUT2D eigenvalue weighted by atomic mass is 10.0. The van der Waals surface area contributed by atoms with Crippen molar-refractivity contribution in [2.24, 2.45) is 0 Å². The summed E-state index contributed by atoms with van der Waals surface area (Å²) in [6, 6.07) is 0. The lowest BCUT2D eigenvalue weighted by molar-refractivity contribution is -0.704. The minimum absolute atomic E-state index is 1.23. The Morgan fingerprint density at radius 1 is 0.395 bits per heavy atom. The van der Waals surface area contributed by atoms with E-state index in [0.29, 0.717) is 0 Å². The maximum absolute atomic E-state index is 2.64. The van der Waals surface area contributed by atoms with Gasteiger partial charge in [-0.3, -0.25) is 0 Å². The molecule has 2 heteroatoms. The fraction of sp³-hybridized carbons (Fsp3) is 0.927. The molecule has 0 aliphatic carbocycles. The van der Waals surface area contributed by atoms with E-state index in [1.807, 2.05) is 0 Å². The molecule has 1 aromatic heterocycles. The summed E-state index contributed by atoms with van der Waals surface area (Å²) >= 11 is 0. The molecular weight excluding hydrogens is 520 g/mol. The second-order valence-electron chi connectivity index (χ2n) is 14.1. The molecule has 0 N–H and O–H groups in total. The summed E-state index contributed by atoms with van der Waals surface area (Å²) in [5, 5.41) is 0. The van der Waals surface area contributed by atoms with Crippen LogP contribution in [0.1, 0.15) is 232 Å². The first-order chi connectivity index (χ1) is 21.3. The van der Waals surface area contributed by atoms with Crippen LogP contribution in [0, 0.1) is 0 Å². The molecule has 0 saturated carbocycles. The highest BCUT2D eigenvalue weighted by molar-refractivity contribution is 4.84. The van der Waals surface area contributed by atoms with Gasteiger partial charge in [-0.05, 0) is 32.1 Å². The zero-order valence-electron chi connectivity index (χ0n) is 30.3. The molecular formula is C41H81N2+. The second kappa shape index (κ2) is 32.6. The summed E-state index contributed by atoms with van der Waals surface area (Å²) in [6.45, 7) is 9.40. The van der Waals surface area contributed by atoms with E-state index in [1.165, 1.54) is 225 Å². The van der Waals surface area contributed by atoms with Crippen LogP contribution in [0.25, 0.3) is 0 Å². The minimum atomic E-state index is 1.23. The van der Waals surface area contributed by atoms with Crippen molar-refractivity contribution in [3.8, 4) is 0 Å². The molecule has 1 aromatic rings. The molecule has 0 atom stereocenters. The van der Waals surface area contributed by atoms with Crippen molar-refractivity contribution < 1.29 is 4.57 Å². The molecule has 0 aromatic carbocycles. The van der Waals surface area contributed by atoms with E-state index in [-0.39, 0.29) is 0 Å². The largest absolute Gasteiger partial charge is 0.256 e. The normalized spacial score (nSPS) is 11.6. The summed E-state index contributed by atoms with van der Waals surface area (Å²) in [4.78, 5) is 0. The Hall–Kier alpha value is -0.790. The monoisotopic (exact) mass is 602 g/mol. The molecule has 1 rings (SSSR count). The Kier molecular flexibility index (Phi) is 30.5. The molecule has 0 fully saturated rings. The first-order valence-electron chi connectivity index (χ1n) is 20.4. The van der Waals surface area contributed by atoms with E-state index < -0.39 is 0 Å². The molecule has 0 saturated heterocycles. The van der Waals surface area contributed by atoms with Crippen LogP contribution in [0.15, 0.2) is 12.4 Å². The molecule has 0 spiro atoms. The van der Waals surface area contributed by atoms with Crippen LogP contribution in [0.3, 0.4) is 0 Å². The van der Waals surface area contributed by atoms with E-state index >= 15 is 0 Å². The summed E-state index contributed by atoms with van der Waals surface area (Å²) in [6.07, 6.45) is 51.9. The number of hydrogen-bond donors (Lipinski definition) is 0. The molecule has 0 aliphatic heterocycles. The average molecular weight is 602 g/mol. The van der Waals surface area contributed by atoms with Crippen molar-refractivity contribution in [3.05, 3.63) is 18.2 Å². The fourth-order valence-electron chi connectivity index (χ4n) is 6.86. The van der Waals surface area contributed by atoms with Gasteiger partial charge in [0.15, 0.2) is 0 Å². The molecule has 0 bridgehead atoms. The summed E-state index contributed by atoms with van der Waals surface area (Å²) < 4.78 is 5.27. The van der Waals surface area contributed by atoms with Crippen LogP contribution in [-0.4, -0.2) is 4.57 Å². The first kappa shape index (κ1) is 40.2. The van der Waals surface area contributed by atoms with Crippen LogP contribution >= 0.6 is 0 Å². The van der Waals surface area contributed by atoms with E-state index in [4.69, 9.17) is 0 Å². The van der Waals surface area contributed by atoms with Gasteiger partial charge in [0.05, 0.1) is 13.1 Å². The van der Waals surface area contributed by atoms with E-state index in [2.05, 4.69) is 42.3 Å². The van der Waals surface area contributed by atoms with Crippen molar-refractivity contribution in [2.75, 3.05) is 0 Å². The Morgan fingerprint density at radius 2 is 0.721 bits per heavy atom. The lowest BCUT2D eigenvalue weighted by Crippen LogP contribution is -2.37. The molecule has 0 unspecified atom stereocenters. The third kappa shape index (κ3) is 25.1. The molecule has 0 radical (unpaired) electrons. The molecule has 1 heterocycles. The maximum atomic E-state index is 2.64. The SMILES string of the molecule is CCCCCCCCCCCCCCCCc1n(CCCCCCCCCCCCC)cc[n+]1CCCCCCCCC. The van der Waals surface area contributed by atoms with Crippen molar-refractivity contribution in [3.63, 3.8) is 0 Å². The molecule has 254 valence electrons. The fourth-order valence-corrected chi connectivity index (χ4v) is 6.86. The van der Waals surface area contributed by atoms with Crippen LogP contribution in [0.2, 0.25) is 0 Å². The number of aromatic nitrogens is 2. The Labute approximate surface area is 272 Å². The lowest BCUT2D eigenvalue weighted by Gasteiger charge is -2.07. The molecule has 43 heavy (non-hydrogen) atoms. The Balaban J connectivity index is 2.26. The van der Waals surface area contributed by atoms with Crippen molar-refractivity contribution in [1.29, 1.82) is 0 Å². The van der Waals surface area contributed by atoms with Crippen LogP contribution in [0.4, 0.5) is 0 Å². The van der Waals surface area contributed by atoms with Crippen molar-refractivity contribution in [2.45, 2.75) is 246 Å². The highest BCUT2D eigenvalue weighted by atomic mass is 15.1. The first-order valence-corrected chi connectivity index (χ1v) is 20.4. The summed E-state index contributed by atoms with van der Waals surface area (Å²) in [7, 11) is 0. The third-order valence-electron chi connectivity index (χ3n) is 9.85. The van der Waals surface area contributed by atoms with Gasteiger partial charge >= 0.3 is 0 Å². The highest BCUT2D eigenvalue weighted by Gasteiger charge is 2.16. The van der Waals surface area contributed by atoms with Gasteiger partial charge in [0.2, 0.25) is 0 Å². The van der Waals surface area contributed by atoms with Crippen molar-refractivity contribution in [1.82, 2.24) is 4.57 Å². The molecule has 0 aliphatic rings. The summed E-state index contributed by atoms with van der Waals surface area (Å²) in [5.74, 6) is 1.62. The van der Waals surface area contributed by atoms with Gasteiger partial charge < -0.3 is 0 Å². The minimum Gasteiger partial charge on any atom is -0.234 e. The number of hydrogen-bond acceptors (Lipinski definition) is 0. The topological polar surface area (TPSA) is 8.81 Å². The zero-order chi connectivity index (χ0) is 30.9. The number of unbranched alkanes of at least 4 members (excludes halogenated alkanes) is 29. The predicted octanol–water partition coefficient (Wildman–Crippen LogP) is 13.9. The van der Waals surface area contributed by atoms with Gasteiger partial charge in [-0.25, -0.2) is 9.13 Å². The van der Waals surface area contributed by atoms with Crippen LogP contribution < -0.4 is 4.57 Å². The maximum Gasteiger partial charge on any atom is 0.256 e. The van der Waals surface area contributed by atoms with Gasteiger partial charge in [-0.1, -0.05) is 194 Å². The standard InChI is InChI=1S/C41H81N2/c1-4-7-10-13-16-18-20-21-22-23-25-27-30-33-36-41-42(37-34-31-28-15-12-9-6-3)39-40-43(41)38-35-32-29-26-24-19-17-14-11-8-5-2/h39-40H,4-38H2,1-3H3/q+1. The third-order valence-corrected chi connectivity index (χ3v) is 9.85. The summed E-state index contributed by atoms with van der Waals surface area (Å²) in [5.41, 5.74) is 0. The highest BCUT2D eigenvalue weighted by Crippen LogP contribution is 2.15.